The monoisotopic (exact) mass is 271 g/mol. The zero-order valence-electron chi connectivity index (χ0n) is 12.3. The Bertz CT molecular complexity index is 336. The number of ether oxygens (including phenoxy) is 2. The summed E-state index contributed by atoms with van der Waals surface area (Å²) in [5.41, 5.74) is -0.596. The topological polar surface area (TPSA) is 59.0 Å². The van der Waals surface area contributed by atoms with E-state index in [1.807, 2.05) is 25.7 Å². The van der Waals surface area contributed by atoms with Crippen molar-refractivity contribution in [3.8, 4) is 0 Å². The molecule has 1 N–H and O–H groups in total. The molecule has 19 heavy (non-hydrogen) atoms. The maximum absolute atomic E-state index is 12.3. The van der Waals surface area contributed by atoms with Gasteiger partial charge in [0.15, 0.2) is 0 Å². The molecule has 3 atom stereocenters. The third-order valence-electron chi connectivity index (χ3n) is 3.85. The molecule has 5 nitrogen and oxygen atoms in total. The van der Waals surface area contributed by atoms with Gasteiger partial charge < -0.3 is 14.6 Å². The highest BCUT2D eigenvalue weighted by molar-refractivity contribution is 5.69. The van der Waals surface area contributed by atoms with Crippen LogP contribution in [0.15, 0.2) is 0 Å². The Morgan fingerprint density at radius 3 is 2.32 bits per heavy atom. The first-order chi connectivity index (χ1) is 8.74. The Balaban J connectivity index is 2.12. The molecule has 2 heterocycles. The first-order valence-electron chi connectivity index (χ1n) is 6.94. The molecular weight excluding hydrogens is 246 g/mol. The van der Waals surface area contributed by atoms with Gasteiger partial charge in [0.2, 0.25) is 0 Å². The first-order valence-corrected chi connectivity index (χ1v) is 6.94. The van der Waals surface area contributed by atoms with Crippen LogP contribution < -0.4 is 0 Å². The lowest BCUT2D eigenvalue weighted by Crippen LogP contribution is -2.62. The van der Waals surface area contributed by atoms with Crippen molar-refractivity contribution in [3.63, 3.8) is 0 Å². The summed E-state index contributed by atoms with van der Waals surface area (Å²) >= 11 is 0. The van der Waals surface area contributed by atoms with E-state index < -0.39 is 5.60 Å². The molecule has 0 aromatic carbocycles. The SMILES string of the molecule is CC1(CO)C[C@H]2COC[C@@H](C1)N2C(=O)OC(C)(C)C. The van der Waals surface area contributed by atoms with Crippen molar-refractivity contribution in [1.82, 2.24) is 4.90 Å². The Morgan fingerprint density at radius 2 is 1.89 bits per heavy atom. The maximum Gasteiger partial charge on any atom is 0.410 e. The predicted octanol–water partition coefficient (Wildman–Crippen LogP) is 1.78. The lowest BCUT2D eigenvalue weighted by atomic mass is 9.74. The van der Waals surface area contributed by atoms with Crippen molar-refractivity contribution in [2.75, 3.05) is 19.8 Å². The number of carbonyl (C=O) groups is 1. The van der Waals surface area contributed by atoms with Crippen LogP contribution >= 0.6 is 0 Å². The van der Waals surface area contributed by atoms with Gasteiger partial charge >= 0.3 is 6.09 Å². The fourth-order valence-electron chi connectivity index (χ4n) is 3.08. The Kier molecular flexibility index (Phi) is 3.80. The van der Waals surface area contributed by atoms with Crippen molar-refractivity contribution in [3.05, 3.63) is 0 Å². The minimum absolute atomic E-state index is 0.0134. The number of morpholine rings is 1. The molecule has 0 aromatic rings. The molecule has 0 spiro atoms. The van der Waals surface area contributed by atoms with Crippen LogP contribution in [0, 0.1) is 5.41 Å². The smallest absolute Gasteiger partial charge is 0.410 e. The largest absolute Gasteiger partial charge is 0.444 e. The summed E-state index contributed by atoms with van der Waals surface area (Å²) < 4.78 is 11.0. The summed E-state index contributed by atoms with van der Waals surface area (Å²) in [6.07, 6.45) is 1.27. The van der Waals surface area contributed by atoms with Crippen LogP contribution in [0.1, 0.15) is 40.5 Å². The average molecular weight is 271 g/mol. The molecule has 2 aliphatic heterocycles. The van der Waals surface area contributed by atoms with E-state index in [1.165, 1.54) is 0 Å². The van der Waals surface area contributed by atoms with Crippen molar-refractivity contribution in [1.29, 1.82) is 0 Å². The molecule has 0 radical (unpaired) electrons. The Labute approximate surface area is 114 Å². The normalized spacial score (nSPS) is 35.1. The maximum atomic E-state index is 12.3. The van der Waals surface area contributed by atoms with Crippen LogP contribution in [-0.2, 0) is 9.47 Å². The third-order valence-corrected chi connectivity index (χ3v) is 3.85. The third kappa shape index (κ3) is 3.20. The van der Waals surface area contributed by atoms with Crippen LogP contribution in [0.3, 0.4) is 0 Å². The summed E-state index contributed by atoms with van der Waals surface area (Å²) in [4.78, 5) is 14.1. The minimum Gasteiger partial charge on any atom is -0.444 e. The molecule has 2 fully saturated rings. The number of aliphatic hydroxyl groups excluding tert-OH is 1. The van der Waals surface area contributed by atoms with E-state index in [4.69, 9.17) is 9.47 Å². The number of fused-ring (bicyclic) bond motifs is 2. The highest BCUT2D eigenvalue weighted by Crippen LogP contribution is 2.40. The molecule has 5 heteroatoms. The lowest BCUT2D eigenvalue weighted by molar-refractivity contribution is -0.114. The van der Waals surface area contributed by atoms with Crippen LogP contribution in [0.4, 0.5) is 4.79 Å². The molecule has 0 saturated carbocycles. The van der Waals surface area contributed by atoms with Gasteiger partial charge in [0.25, 0.3) is 0 Å². The molecule has 1 unspecified atom stereocenters. The number of aliphatic hydroxyl groups is 1. The van der Waals surface area contributed by atoms with Gasteiger partial charge in [0.1, 0.15) is 5.60 Å². The number of piperidine rings is 1. The summed E-state index contributed by atoms with van der Waals surface area (Å²) in [6, 6.07) is 0.0269. The lowest BCUT2D eigenvalue weighted by Gasteiger charge is -2.51. The second-order valence-electron chi connectivity index (χ2n) is 7.11. The molecule has 1 amide bonds. The zero-order valence-corrected chi connectivity index (χ0v) is 12.3. The van der Waals surface area contributed by atoms with Crippen LogP contribution in [0.5, 0.6) is 0 Å². The fraction of sp³-hybridized carbons (Fsp3) is 0.929. The summed E-state index contributed by atoms with van der Waals surface area (Å²) in [5.74, 6) is 0. The van der Waals surface area contributed by atoms with Crippen LogP contribution in [0.2, 0.25) is 0 Å². The van der Waals surface area contributed by atoms with Crippen LogP contribution in [0.25, 0.3) is 0 Å². The summed E-state index contributed by atoms with van der Waals surface area (Å²) in [7, 11) is 0. The molecule has 0 aliphatic carbocycles. The van der Waals surface area contributed by atoms with E-state index in [-0.39, 0.29) is 30.2 Å². The fourth-order valence-corrected chi connectivity index (χ4v) is 3.08. The standard InChI is InChI=1S/C14H25NO4/c1-13(2,3)19-12(17)15-10-5-14(4,9-16)6-11(15)8-18-7-10/h10-11,16H,5-9H2,1-4H3/t10-,11+,14?. The first kappa shape index (κ1) is 14.6. The van der Waals surface area contributed by atoms with E-state index in [0.29, 0.717) is 13.2 Å². The second kappa shape index (κ2) is 4.94. The molecule has 2 saturated heterocycles. The van der Waals surface area contributed by atoms with Gasteiger partial charge in [-0.25, -0.2) is 4.79 Å². The average Bonchev–Trinajstić information content (AvgIpc) is 2.25. The number of carbonyl (C=O) groups excluding carboxylic acids is 1. The van der Waals surface area contributed by atoms with E-state index in [0.717, 1.165) is 12.8 Å². The van der Waals surface area contributed by atoms with Gasteiger partial charge in [-0.2, -0.15) is 0 Å². The second-order valence-corrected chi connectivity index (χ2v) is 7.11. The van der Waals surface area contributed by atoms with Crippen molar-refractivity contribution in [2.24, 2.45) is 5.41 Å². The van der Waals surface area contributed by atoms with Gasteiger partial charge in [-0.3, -0.25) is 4.90 Å². The van der Waals surface area contributed by atoms with Crippen molar-refractivity contribution >= 4 is 6.09 Å². The molecule has 2 aliphatic rings. The molecule has 0 aromatic heterocycles. The van der Waals surface area contributed by atoms with E-state index in [9.17, 15) is 9.90 Å². The number of amides is 1. The summed E-state index contributed by atoms with van der Waals surface area (Å²) in [6.45, 7) is 8.92. The quantitative estimate of drug-likeness (QED) is 0.790. The number of hydrogen-bond acceptors (Lipinski definition) is 4. The predicted molar refractivity (Wildman–Crippen MR) is 70.9 cm³/mol. The van der Waals surface area contributed by atoms with E-state index >= 15 is 0 Å². The van der Waals surface area contributed by atoms with Crippen molar-refractivity contribution < 1.29 is 19.4 Å². The van der Waals surface area contributed by atoms with Gasteiger partial charge in [-0.15, -0.1) is 0 Å². The molecule has 2 bridgehead atoms. The number of hydrogen-bond donors (Lipinski definition) is 1. The van der Waals surface area contributed by atoms with E-state index in [2.05, 4.69) is 6.92 Å². The molecule has 2 rings (SSSR count). The van der Waals surface area contributed by atoms with Gasteiger partial charge in [-0.1, -0.05) is 6.92 Å². The van der Waals surface area contributed by atoms with Crippen molar-refractivity contribution in [2.45, 2.75) is 58.2 Å². The minimum atomic E-state index is -0.482. The Morgan fingerprint density at radius 1 is 1.37 bits per heavy atom. The molecular formula is C14H25NO4. The molecule has 110 valence electrons. The summed E-state index contributed by atoms with van der Waals surface area (Å²) in [5, 5.41) is 9.54. The number of nitrogens with zero attached hydrogens (tertiary/aromatic N) is 1. The van der Waals surface area contributed by atoms with Crippen LogP contribution in [-0.4, -0.2) is 53.6 Å². The van der Waals surface area contributed by atoms with Gasteiger partial charge in [0, 0.05) is 6.61 Å². The highest BCUT2D eigenvalue weighted by atomic mass is 16.6. The zero-order chi connectivity index (χ0) is 14.3. The number of rotatable bonds is 1. The van der Waals surface area contributed by atoms with Gasteiger partial charge in [0.05, 0.1) is 25.3 Å². The van der Waals surface area contributed by atoms with Gasteiger partial charge in [-0.05, 0) is 39.0 Å². The van der Waals surface area contributed by atoms with E-state index in [1.54, 1.807) is 0 Å². The Hall–Kier alpha value is -0.810. The highest BCUT2D eigenvalue weighted by Gasteiger charge is 2.47.